The second-order valence-electron chi connectivity index (χ2n) is 5.31. The molecule has 3 aromatic rings. The molecule has 0 radical (unpaired) electrons. The number of benzene rings is 2. The van der Waals surface area contributed by atoms with E-state index in [0.717, 1.165) is 11.5 Å². The summed E-state index contributed by atoms with van der Waals surface area (Å²) in [5, 5.41) is 7.57. The molecule has 3 rings (SSSR count). The van der Waals surface area contributed by atoms with Crippen molar-refractivity contribution in [2.45, 2.75) is 13.5 Å². The van der Waals surface area contributed by atoms with Crippen LogP contribution in [0.3, 0.4) is 0 Å². The van der Waals surface area contributed by atoms with Crippen molar-refractivity contribution in [1.29, 1.82) is 0 Å². The Bertz CT molecular complexity index is 838. The molecule has 0 unspecified atom stereocenters. The first kappa shape index (κ1) is 16.6. The fourth-order valence-corrected chi connectivity index (χ4v) is 2.55. The van der Waals surface area contributed by atoms with Crippen molar-refractivity contribution in [2.75, 3.05) is 10.6 Å². The molecule has 0 amide bonds. The van der Waals surface area contributed by atoms with E-state index in [0.29, 0.717) is 28.2 Å². The largest absolute Gasteiger partial charge is 0.366 e. The maximum Gasteiger partial charge on any atom is 0.229 e. The van der Waals surface area contributed by atoms with Gasteiger partial charge in [-0.2, -0.15) is 4.98 Å². The van der Waals surface area contributed by atoms with Crippen LogP contribution in [0.15, 0.2) is 54.6 Å². The van der Waals surface area contributed by atoms with E-state index in [4.69, 9.17) is 23.2 Å². The lowest BCUT2D eigenvalue weighted by molar-refractivity contribution is 1.06. The van der Waals surface area contributed by atoms with Crippen LogP contribution in [0.1, 0.15) is 11.3 Å². The summed E-state index contributed by atoms with van der Waals surface area (Å²) in [6, 6.07) is 17.2. The zero-order valence-corrected chi connectivity index (χ0v) is 14.6. The van der Waals surface area contributed by atoms with Crippen molar-refractivity contribution < 1.29 is 0 Å². The molecule has 24 heavy (non-hydrogen) atoms. The molecule has 1 heterocycles. The smallest absolute Gasteiger partial charge is 0.229 e. The summed E-state index contributed by atoms with van der Waals surface area (Å²) in [6.45, 7) is 2.61. The van der Waals surface area contributed by atoms with Gasteiger partial charge in [0.1, 0.15) is 5.82 Å². The molecule has 0 saturated heterocycles. The molecule has 0 aliphatic heterocycles. The fourth-order valence-electron chi connectivity index (χ4n) is 2.22. The van der Waals surface area contributed by atoms with Crippen LogP contribution in [0, 0.1) is 6.92 Å². The van der Waals surface area contributed by atoms with Crippen LogP contribution in [0.4, 0.5) is 17.5 Å². The Balaban J connectivity index is 1.77. The van der Waals surface area contributed by atoms with E-state index < -0.39 is 0 Å². The summed E-state index contributed by atoms with van der Waals surface area (Å²) in [7, 11) is 0. The van der Waals surface area contributed by atoms with E-state index in [1.165, 1.54) is 5.56 Å². The van der Waals surface area contributed by atoms with Crippen molar-refractivity contribution in [3.8, 4) is 0 Å². The van der Waals surface area contributed by atoms with Crippen LogP contribution in [0.5, 0.6) is 0 Å². The number of anilines is 3. The normalized spacial score (nSPS) is 10.5. The van der Waals surface area contributed by atoms with Gasteiger partial charge < -0.3 is 10.6 Å². The predicted octanol–water partition coefficient (Wildman–Crippen LogP) is 5.45. The van der Waals surface area contributed by atoms with Gasteiger partial charge in [-0.25, -0.2) is 4.98 Å². The van der Waals surface area contributed by atoms with Gasteiger partial charge in [-0.05, 0) is 30.7 Å². The minimum absolute atomic E-state index is 0.467. The van der Waals surface area contributed by atoms with Gasteiger partial charge in [0.2, 0.25) is 5.95 Å². The van der Waals surface area contributed by atoms with E-state index >= 15 is 0 Å². The number of hydrogen-bond donors (Lipinski definition) is 2. The van der Waals surface area contributed by atoms with Gasteiger partial charge in [0.25, 0.3) is 0 Å². The Morgan fingerprint density at radius 1 is 0.958 bits per heavy atom. The van der Waals surface area contributed by atoms with E-state index in [9.17, 15) is 0 Å². The van der Waals surface area contributed by atoms with E-state index in [-0.39, 0.29) is 0 Å². The molecule has 1 aromatic heterocycles. The zero-order chi connectivity index (χ0) is 16.9. The maximum atomic E-state index is 6.17. The van der Waals surface area contributed by atoms with Gasteiger partial charge in [-0.15, -0.1) is 0 Å². The molecule has 2 aromatic carbocycles. The standard InChI is InChI=1S/C18H16Cl2N4/c1-12-9-17(21-11-13-5-3-2-4-6-13)24-18(22-12)23-16-10-14(19)7-8-15(16)20/h2-10H,11H2,1H3,(H2,21,22,23,24). The van der Waals surface area contributed by atoms with Crippen molar-refractivity contribution in [3.63, 3.8) is 0 Å². The second-order valence-corrected chi connectivity index (χ2v) is 6.15. The van der Waals surface area contributed by atoms with Crippen molar-refractivity contribution >= 4 is 40.7 Å². The molecule has 0 aliphatic rings. The van der Waals surface area contributed by atoms with Gasteiger partial charge in [-0.3, -0.25) is 0 Å². The average molecular weight is 359 g/mol. The van der Waals surface area contributed by atoms with Gasteiger partial charge in [0.05, 0.1) is 10.7 Å². The Hall–Kier alpha value is -2.30. The van der Waals surface area contributed by atoms with E-state index in [1.807, 2.05) is 31.2 Å². The van der Waals surface area contributed by atoms with Crippen LogP contribution in [-0.2, 0) is 6.54 Å². The van der Waals surface area contributed by atoms with E-state index in [1.54, 1.807) is 18.2 Å². The summed E-state index contributed by atoms with van der Waals surface area (Å²) < 4.78 is 0. The molecule has 0 aliphatic carbocycles. The van der Waals surface area contributed by atoms with Gasteiger partial charge in [0, 0.05) is 23.3 Å². The first-order chi connectivity index (χ1) is 11.6. The van der Waals surface area contributed by atoms with Crippen molar-refractivity contribution in [1.82, 2.24) is 9.97 Å². The van der Waals surface area contributed by atoms with Crippen LogP contribution in [-0.4, -0.2) is 9.97 Å². The summed E-state index contributed by atoms with van der Waals surface area (Å²) in [5.41, 5.74) is 2.70. The fraction of sp³-hybridized carbons (Fsp3) is 0.111. The highest BCUT2D eigenvalue weighted by molar-refractivity contribution is 6.35. The third-order valence-electron chi connectivity index (χ3n) is 3.35. The number of aryl methyl sites for hydroxylation is 1. The molecule has 2 N–H and O–H groups in total. The molecule has 0 saturated carbocycles. The average Bonchev–Trinajstić information content (AvgIpc) is 2.57. The molecule has 0 bridgehead atoms. The molecular weight excluding hydrogens is 343 g/mol. The summed E-state index contributed by atoms with van der Waals surface area (Å²) in [6.07, 6.45) is 0. The predicted molar refractivity (Wildman–Crippen MR) is 100 cm³/mol. The molecule has 122 valence electrons. The number of halogens is 2. The minimum atomic E-state index is 0.467. The molecule has 0 fully saturated rings. The number of rotatable bonds is 5. The SMILES string of the molecule is Cc1cc(NCc2ccccc2)nc(Nc2cc(Cl)ccc2Cl)n1. The highest BCUT2D eigenvalue weighted by Crippen LogP contribution is 2.27. The topological polar surface area (TPSA) is 49.8 Å². The van der Waals surface area contributed by atoms with Crippen molar-refractivity contribution in [3.05, 3.63) is 75.9 Å². The maximum absolute atomic E-state index is 6.17. The van der Waals surface area contributed by atoms with Crippen LogP contribution in [0.2, 0.25) is 10.0 Å². The van der Waals surface area contributed by atoms with Crippen LogP contribution >= 0.6 is 23.2 Å². The molecule has 0 atom stereocenters. The number of nitrogens with one attached hydrogen (secondary N) is 2. The first-order valence-electron chi connectivity index (χ1n) is 7.46. The van der Waals surface area contributed by atoms with Gasteiger partial charge in [0.15, 0.2) is 0 Å². The zero-order valence-electron chi connectivity index (χ0n) is 13.1. The third kappa shape index (κ3) is 4.37. The third-order valence-corrected chi connectivity index (χ3v) is 3.91. The second kappa shape index (κ2) is 7.51. The van der Waals surface area contributed by atoms with Crippen LogP contribution < -0.4 is 10.6 Å². The van der Waals surface area contributed by atoms with Gasteiger partial charge >= 0.3 is 0 Å². The summed E-state index contributed by atoms with van der Waals surface area (Å²) in [5.74, 6) is 1.21. The quantitative estimate of drug-likeness (QED) is 0.636. The Labute approximate surface area is 150 Å². The summed E-state index contributed by atoms with van der Waals surface area (Å²) >= 11 is 12.2. The Kier molecular flexibility index (Phi) is 5.18. The van der Waals surface area contributed by atoms with Crippen molar-refractivity contribution in [2.24, 2.45) is 0 Å². The highest BCUT2D eigenvalue weighted by Gasteiger charge is 2.06. The lowest BCUT2D eigenvalue weighted by Gasteiger charge is -2.11. The van der Waals surface area contributed by atoms with Gasteiger partial charge in [-0.1, -0.05) is 53.5 Å². The number of nitrogens with zero attached hydrogens (tertiary/aromatic N) is 2. The summed E-state index contributed by atoms with van der Waals surface area (Å²) in [4.78, 5) is 8.87. The first-order valence-corrected chi connectivity index (χ1v) is 8.21. The molecule has 0 spiro atoms. The monoisotopic (exact) mass is 358 g/mol. The molecule has 4 nitrogen and oxygen atoms in total. The number of hydrogen-bond acceptors (Lipinski definition) is 4. The number of aromatic nitrogens is 2. The Morgan fingerprint density at radius 2 is 1.75 bits per heavy atom. The highest BCUT2D eigenvalue weighted by atomic mass is 35.5. The Morgan fingerprint density at radius 3 is 2.54 bits per heavy atom. The molecular formula is C18H16Cl2N4. The van der Waals surface area contributed by atoms with E-state index in [2.05, 4.69) is 32.7 Å². The lowest BCUT2D eigenvalue weighted by atomic mass is 10.2. The molecule has 6 heteroatoms. The minimum Gasteiger partial charge on any atom is -0.366 e. The lowest BCUT2D eigenvalue weighted by Crippen LogP contribution is -2.05. The van der Waals surface area contributed by atoms with Crippen LogP contribution in [0.25, 0.3) is 0 Å².